The molecule has 0 radical (unpaired) electrons. The van der Waals surface area contributed by atoms with E-state index in [2.05, 4.69) is 34.6 Å². The highest BCUT2D eigenvalue weighted by atomic mass is 16.5. The molecule has 25 heavy (non-hydrogen) atoms. The summed E-state index contributed by atoms with van der Waals surface area (Å²) in [5.41, 5.74) is 2.21. The maximum atomic E-state index is 11.9. The van der Waals surface area contributed by atoms with Gasteiger partial charge in [0, 0.05) is 23.2 Å². The van der Waals surface area contributed by atoms with E-state index in [9.17, 15) is 4.79 Å². The number of urea groups is 1. The Bertz CT molecular complexity index is 849. The Hall–Kier alpha value is -3.09. The van der Waals surface area contributed by atoms with Gasteiger partial charge in [-0.15, -0.1) is 0 Å². The van der Waals surface area contributed by atoms with Gasteiger partial charge in [0.15, 0.2) is 0 Å². The zero-order valence-electron chi connectivity index (χ0n) is 14.4. The summed E-state index contributed by atoms with van der Waals surface area (Å²) in [4.78, 5) is 16.2. The standard InChI is InChI=1S/C18H20N4O3/c1-11(2)16-10-19-17(24-16)13-4-6-14(7-5-13)21-18(23)20-9-15-8-12(3)25-22-15/h4-8,10-11H,9H2,1-3H3,(H2,20,21,23). The number of hydrogen-bond donors (Lipinski definition) is 2. The highest BCUT2D eigenvalue weighted by Crippen LogP contribution is 2.24. The average molecular weight is 340 g/mol. The molecule has 2 amide bonds. The monoisotopic (exact) mass is 340 g/mol. The van der Waals surface area contributed by atoms with Crippen molar-refractivity contribution in [3.63, 3.8) is 0 Å². The third-order valence-corrected chi connectivity index (χ3v) is 3.59. The second-order valence-corrected chi connectivity index (χ2v) is 6.04. The van der Waals surface area contributed by atoms with Crippen molar-refractivity contribution in [2.75, 3.05) is 5.32 Å². The van der Waals surface area contributed by atoms with Gasteiger partial charge in [-0.05, 0) is 31.2 Å². The van der Waals surface area contributed by atoms with Crippen molar-refractivity contribution in [1.82, 2.24) is 15.5 Å². The lowest BCUT2D eigenvalue weighted by molar-refractivity contribution is 0.251. The van der Waals surface area contributed by atoms with E-state index in [1.807, 2.05) is 12.1 Å². The number of benzene rings is 1. The second kappa shape index (κ2) is 7.21. The summed E-state index contributed by atoms with van der Waals surface area (Å²) in [6.07, 6.45) is 1.74. The van der Waals surface area contributed by atoms with Crippen molar-refractivity contribution in [2.45, 2.75) is 33.2 Å². The molecule has 0 saturated carbocycles. The van der Waals surface area contributed by atoms with E-state index in [0.29, 0.717) is 35.5 Å². The lowest BCUT2D eigenvalue weighted by Crippen LogP contribution is -2.28. The molecule has 3 aromatic rings. The van der Waals surface area contributed by atoms with Gasteiger partial charge in [0.05, 0.1) is 12.7 Å². The van der Waals surface area contributed by atoms with Crippen molar-refractivity contribution >= 4 is 11.7 Å². The molecule has 0 aliphatic carbocycles. The number of aryl methyl sites for hydroxylation is 1. The normalized spacial score (nSPS) is 10.9. The van der Waals surface area contributed by atoms with Gasteiger partial charge in [-0.25, -0.2) is 9.78 Å². The Morgan fingerprint density at radius 3 is 2.60 bits per heavy atom. The highest BCUT2D eigenvalue weighted by molar-refractivity contribution is 5.89. The van der Waals surface area contributed by atoms with Crippen LogP contribution in [-0.2, 0) is 6.54 Å². The molecule has 0 spiro atoms. The predicted molar refractivity (Wildman–Crippen MR) is 93.1 cm³/mol. The van der Waals surface area contributed by atoms with E-state index in [0.717, 1.165) is 11.3 Å². The Morgan fingerprint density at radius 1 is 1.24 bits per heavy atom. The Morgan fingerprint density at radius 2 is 2.00 bits per heavy atom. The third-order valence-electron chi connectivity index (χ3n) is 3.59. The Balaban J connectivity index is 1.57. The summed E-state index contributed by atoms with van der Waals surface area (Å²) in [5, 5.41) is 9.30. The van der Waals surface area contributed by atoms with E-state index in [-0.39, 0.29) is 6.03 Å². The smallest absolute Gasteiger partial charge is 0.319 e. The maximum Gasteiger partial charge on any atom is 0.319 e. The molecule has 7 nitrogen and oxygen atoms in total. The van der Waals surface area contributed by atoms with E-state index in [1.165, 1.54) is 0 Å². The van der Waals surface area contributed by atoms with Crippen LogP contribution in [0.4, 0.5) is 10.5 Å². The van der Waals surface area contributed by atoms with Crippen LogP contribution in [0, 0.1) is 6.92 Å². The summed E-state index contributed by atoms with van der Waals surface area (Å²) < 4.78 is 10.7. The molecule has 0 fully saturated rings. The number of hydrogen-bond acceptors (Lipinski definition) is 5. The quantitative estimate of drug-likeness (QED) is 0.730. The number of nitrogens with one attached hydrogen (secondary N) is 2. The van der Waals surface area contributed by atoms with Crippen LogP contribution in [0.5, 0.6) is 0 Å². The van der Waals surface area contributed by atoms with Gasteiger partial charge >= 0.3 is 6.03 Å². The number of rotatable bonds is 5. The van der Waals surface area contributed by atoms with Gasteiger partial charge < -0.3 is 19.6 Å². The molecule has 2 N–H and O–H groups in total. The van der Waals surface area contributed by atoms with Crippen molar-refractivity contribution < 1.29 is 13.7 Å². The number of carbonyl (C=O) groups is 1. The van der Waals surface area contributed by atoms with Gasteiger partial charge in [0.25, 0.3) is 0 Å². The summed E-state index contributed by atoms with van der Waals surface area (Å²) >= 11 is 0. The zero-order valence-corrected chi connectivity index (χ0v) is 14.4. The fraction of sp³-hybridized carbons (Fsp3) is 0.278. The van der Waals surface area contributed by atoms with Gasteiger partial charge in [-0.3, -0.25) is 0 Å². The number of carbonyl (C=O) groups excluding carboxylic acids is 1. The molecule has 0 aliphatic heterocycles. The molecule has 2 heterocycles. The predicted octanol–water partition coefficient (Wildman–Crippen LogP) is 4.08. The first-order valence-corrected chi connectivity index (χ1v) is 8.04. The van der Waals surface area contributed by atoms with Crippen LogP contribution in [0.1, 0.15) is 37.0 Å². The summed E-state index contributed by atoms with van der Waals surface area (Å²) in [6, 6.07) is 8.77. The minimum Gasteiger partial charge on any atom is -0.441 e. The minimum atomic E-state index is -0.313. The van der Waals surface area contributed by atoms with Crippen molar-refractivity contribution in [3.05, 3.63) is 53.7 Å². The number of aromatic nitrogens is 2. The fourth-order valence-corrected chi connectivity index (χ4v) is 2.23. The fourth-order valence-electron chi connectivity index (χ4n) is 2.23. The first kappa shape index (κ1) is 16.8. The first-order chi connectivity index (χ1) is 12.0. The number of oxazole rings is 1. The lowest BCUT2D eigenvalue weighted by atomic mass is 10.2. The van der Waals surface area contributed by atoms with Crippen LogP contribution in [0.15, 0.2) is 45.5 Å². The second-order valence-electron chi connectivity index (χ2n) is 6.04. The number of nitrogens with zero attached hydrogens (tertiary/aromatic N) is 2. The number of amides is 2. The van der Waals surface area contributed by atoms with E-state index in [4.69, 9.17) is 8.94 Å². The van der Waals surface area contributed by atoms with Gasteiger partial charge in [-0.2, -0.15) is 0 Å². The molecule has 0 saturated heterocycles. The third kappa shape index (κ3) is 4.26. The molecule has 3 rings (SSSR count). The van der Waals surface area contributed by atoms with Crippen molar-refractivity contribution in [2.24, 2.45) is 0 Å². The van der Waals surface area contributed by atoms with Gasteiger partial charge in [0.2, 0.25) is 5.89 Å². The van der Waals surface area contributed by atoms with Crippen LogP contribution in [0.2, 0.25) is 0 Å². The first-order valence-electron chi connectivity index (χ1n) is 8.04. The van der Waals surface area contributed by atoms with Crippen LogP contribution in [0.25, 0.3) is 11.5 Å². The molecule has 7 heteroatoms. The minimum absolute atomic E-state index is 0.291. The van der Waals surface area contributed by atoms with Crippen LogP contribution < -0.4 is 10.6 Å². The molecule has 0 atom stereocenters. The zero-order chi connectivity index (χ0) is 17.8. The van der Waals surface area contributed by atoms with Gasteiger partial charge in [-0.1, -0.05) is 19.0 Å². The van der Waals surface area contributed by atoms with Gasteiger partial charge in [0.1, 0.15) is 17.2 Å². The molecular weight excluding hydrogens is 320 g/mol. The van der Waals surface area contributed by atoms with Crippen LogP contribution >= 0.6 is 0 Å². The van der Waals surface area contributed by atoms with Crippen molar-refractivity contribution in [1.29, 1.82) is 0 Å². The molecular formula is C18H20N4O3. The lowest BCUT2D eigenvalue weighted by Gasteiger charge is -2.06. The molecule has 0 unspecified atom stereocenters. The highest BCUT2D eigenvalue weighted by Gasteiger charge is 2.10. The van der Waals surface area contributed by atoms with E-state index >= 15 is 0 Å². The average Bonchev–Trinajstić information content (AvgIpc) is 3.23. The van der Waals surface area contributed by atoms with Crippen LogP contribution in [-0.4, -0.2) is 16.2 Å². The Labute approximate surface area is 145 Å². The molecule has 2 aromatic heterocycles. The van der Waals surface area contributed by atoms with Crippen molar-refractivity contribution in [3.8, 4) is 11.5 Å². The molecule has 130 valence electrons. The Kier molecular flexibility index (Phi) is 4.83. The summed E-state index contributed by atoms with van der Waals surface area (Å²) in [5.74, 6) is 2.42. The largest absolute Gasteiger partial charge is 0.441 e. The number of anilines is 1. The molecule has 0 aliphatic rings. The van der Waals surface area contributed by atoms with E-state index < -0.39 is 0 Å². The SMILES string of the molecule is Cc1cc(CNC(=O)Nc2ccc(-c3ncc(C(C)C)o3)cc2)no1. The summed E-state index contributed by atoms with van der Waals surface area (Å²) in [6.45, 7) is 6.21. The topological polar surface area (TPSA) is 93.2 Å². The van der Waals surface area contributed by atoms with Crippen LogP contribution in [0.3, 0.4) is 0 Å². The molecule has 0 bridgehead atoms. The summed E-state index contributed by atoms with van der Waals surface area (Å²) in [7, 11) is 0. The maximum absolute atomic E-state index is 11.9. The molecule has 1 aromatic carbocycles. The van der Waals surface area contributed by atoms with E-state index in [1.54, 1.807) is 31.3 Å².